The summed E-state index contributed by atoms with van der Waals surface area (Å²) < 4.78 is 0. The molecular formula is C19H19ClN2O2. The van der Waals surface area contributed by atoms with Crippen molar-refractivity contribution in [2.45, 2.75) is 26.2 Å². The molecule has 0 fully saturated rings. The van der Waals surface area contributed by atoms with E-state index in [0.29, 0.717) is 24.4 Å². The molecule has 0 saturated carbocycles. The summed E-state index contributed by atoms with van der Waals surface area (Å²) in [6.45, 7) is 2.28. The van der Waals surface area contributed by atoms with Crippen LogP contribution in [0.4, 0.5) is 11.4 Å². The highest BCUT2D eigenvalue weighted by Gasteiger charge is 2.22. The second-order valence-electron chi connectivity index (χ2n) is 5.94. The first kappa shape index (κ1) is 16.5. The first-order chi connectivity index (χ1) is 11.5. The summed E-state index contributed by atoms with van der Waals surface area (Å²) in [6.07, 6.45) is 1.87. The van der Waals surface area contributed by atoms with E-state index in [-0.39, 0.29) is 11.8 Å². The van der Waals surface area contributed by atoms with Gasteiger partial charge in [0.15, 0.2) is 0 Å². The summed E-state index contributed by atoms with van der Waals surface area (Å²) >= 11 is 5.95. The second-order valence-corrected chi connectivity index (χ2v) is 6.38. The number of carbonyl (C=O) groups excluding carboxylic acids is 2. The minimum atomic E-state index is -0.0312. The van der Waals surface area contributed by atoms with Crippen LogP contribution in [0.3, 0.4) is 0 Å². The molecule has 0 radical (unpaired) electrons. The number of hydrogen-bond acceptors (Lipinski definition) is 2. The van der Waals surface area contributed by atoms with Gasteiger partial charge in [-0.1, -0.05) is 23.7 Å². The summed E-state index contributed by atoms with van der Waals surface area (Å²) in [4.78, 5) is 25.5. The third-order valence-electron chi connectivity index (χ3n) is 4.17. The van der Waals surface area contributed by atoms with Crippen molar-refractivity contribution in [3.8, 4) is 0 Å². The maximum Gasteiger partial charge on any atom is 0.224 e. The molecule has 0 bridgehead atoms. The first-order valence-corrected chi connectivity index (χ1v) is 8.36. The van der Waals surface area contributed by atoms with Crippen LogP contribution in [-0.2, 0) is 22.4 Å². The number of benzene rings is 2. The maximum absolute atomic E-state index is 12.1. The van der Waals surface area contributed by atoms with Gasteiger partial charge in [-0.3, -0.25) is 9.59 Å². The Morgan fingerprint density at radius 3 is 2.79 bits per heavy atom. The van der Waals surface area contributed by atoms with Crippen LogP contribution in [0.5, 0.6) is 0 Å². The molecule has 1 aliphatic heterocycles. The second kappa shape index (κ2) is 7.05. The lowest BCUT2D eigenvalue weighted by Crippen LogP contribution is -2.25. The molecule has 0 atom stereocenters. The number of anilines is 2. The van der Waals surface area contributed by atoms with E-state index >= 15 is 0 Å². The number of nitrogens with zero attached hydrogens (tertiary/aromatic N) is 1. The third kappa shape index (κ3) is 3.77. The predicted octanol–water partition coefficient (Wildman–Crippen LogP) is 3.82. The van der Waals surface area contributed by atoms with E-state index in [1.165, 1.54) is 0 Å². The Morgan fingerprint density at radius 2 is 2.04 bits per heavy atom. The molecule has 1 aliphatic rings. The van der Waals surface area contributed by atoms with Crippen molar-refractivity contribution in [1.82, 2.24) is 0 Å². The van der Waals surface area contributed by atoms with Crippen LogP contribution in [0, 0.1) is 0 Å². The van der Waals surface area contributed by atoms with Gasteiger partial charge < -0.3 is 10.2 Å². The molecular weight excluding hydrogens is 324 g/mol. The molecule has 0 unspecified atom stereocenters. The third-order valence-corrected chi connectivity index (χ3v) is 4.40. The fourth-order valence-corrected chi connectivity index (χ4v) is 3.19. The van der Waals surface area contributed by atoms with E-state index in [1.54, 1.807) is 11.8 Å². The van der Waals surface area contributed by atoms with Crippen molar-refractivity contribution in [3.05, 3.63) is 58.6 Å². The molecule has 0 spiro atoms. The highest BCUT2D eigenvalue weighted by atomic mass is 35.5. The zero-order valence-corrected chi connectivity index (χ0v) is 14.3. The fourth-order valence-electron chi connectivity index (χ4n) is 2.98. The van der Waals surface area contributed by atoms with Crippen molar-refractivity contribution < 1.29 is 9.59 Å². The molecule has 2 aromatic rings. The predicted molar refractivity (Wildman–Crippen MR) is 96.6 cm³/mol. The minimum absolute atomic E-state index is 0.0312. The Balaban J connectivity index is 1.60. The first-order valence-electron chi connectivity index (χ1n) is 7.98. The van der Waals surface area contributed by atoms with Gasteiger partial charge in [0, 0.05) is 36.3 Å². The molecule has 24 heavy (non-hydrogen) atoms. The van der Waals surface area contributed by atoms with Crippen molar-refractivity contribution >= 4 is 34.8 Å². The van der Waals surface area contributed by atoms with Gasteiger partial charge in [0.1, 0.15) is 0 Å². The monoisotopic (exact) mass is 342 g/mol. The zero-order valence-electron chi connectivity index (χ0n) is 13.5. The highest BCUT2D eigenvalue weighted by molar-refractivity contribution is 6.30. The quantitative estimate of drug-likeness (QED) is 0.918. The molecule has 0 aliphatic carbocycles. The van der Waals surface area contributed by atoms with Crippen LogP contribution >= 0.6 is 11.6 Å². The van der Waals surface area contributed by atoms with Gasteiger partial charge in [-0.2, -0.15) is 0 Å². The topological polar surface area (TPSA) is 49.4 Å². The molecule has 0 saturated heterocycles. The molecule has 3 rings (SSSR count). The number of carbonyl (C=O) groups is 2. The normalized spacial score (nSPS) is 12.8. The van der Waals surface area contributed by atoms with E-state index in [1.807, 2.05) is 42.5 Å². The number of rotatable bonds is 4. The molecule has 124 valence electrons. The molecule has 2 amide bonds. The summed E-state index contributed by atoms with van der Waals surface area (Å²) in [7, 11) is 0. The van der Waals surface area contributed by atoms with Crippen molar-refractivity contribution in [2.75, 3.05) is 16.8 Å². The molecule has 2 aromatic carbocycles. The molecule has 1 N–H and O–H groups in total. The number of amides is 2. The standard InChI is InChI=1S/C19H19ClN2O2/c1-13(23)22-10-9-15-12-17(6-7-18(15)22)21-19(24)8-5-14-3-2-4-16(20)11-14/h2-4,6-7,11-12H,5,8-10H2,1H3,(H,21,24). The summed E-state index contributed by atoms with van der Waals surface area (Å²) in [5.74, 6) is 0.0170. The van der Waals surface area contributed by atoms with Gasteiger partial charge in [0.2, 0.25) is 11.8 Å². The fraction of sp³-hybridized carbons (Fsp3) is 0.263. The van der Waals surface area contributed by atoms with Gasteiger partial charge >= 0.3 is 0 Å². The summed E-state index contributed by atoms with van der Waals surface area (Å²) in [5.41, 5.74) is 3.86. The molecule has 0 aromatic heterocycles. The Bertz CT molecular complexity index is 789. The SMILES string of the molecule is CC(=O)N1CCc2cc(NC(=O)CCc3cccc(Cl)c3)ccc21. The Hall–Kier alpha value is -2.33. The number of aryl methyl sites for hydroxylation is 1. The van der Waals surface area contributed by atoms with E-state index in [2.05, 4.69) is 5.32 Å². The lowest BCUT2D eigenvalue weighted by Gasteiger charge is -2.15. The van der Waals surface area contributed by atoms with E-state index in [0.717, 1.165) is 28.9 Å². The average Bonchev–Trinajstić information content (AvgIpc) is 2.96. The van der Waals surface area contributed by atoms with Crippen LogP contribution in [-0.4, -0.2) is 18.4 Å². The molecule has 4 nitrogen and oxygen atoms in total. The zero-order chi connectivity index (χ0) is 17.1. The van der Waals surface area contributed by atoms with E-state index < -0.39 is 0 Å². The van der Waals surface area contributed by atoms with E-state index in [9.17, 15) is 9.59 Å². The maximum atomic E-state index is 12.1. The molecule has 1 heterocycles. The van der Waals surface area contributed by atoms with Crippen LogP contribution in [0.2, 0.25) is 5.02 Å². The average molecular weight is 343 g/mol. The Labute approximate surface area is 146 Å². The number of halogens is 1. The number of hydrogen-bond donors (Lipinski definition) is 1. The van der Waals surface area contributed by atoms with Crippen molar-refractivity contribution in [2.24, 2.45) is 0 Å². The Morgan fingerprint density at radius 1 is 1.21 bits per heavy atom. The van der Waals surface area contributed by atoms with Crippen molar-refractivity contribution in [1.29, 1.82) is 0 Å². The largest absolute Gasteiger partial charge is 0.326 e. The van der Waals surface area contributed by atoms with Gasteiger partial charge in [-0.15, -0.1) is 0 Å². The van der Waals surface area contributed by atoms with Gasteiger partial charge in [-0.25, -0.2) is 0 Å². The summed E-state index contributed by atoms with van der Waals surface area (Å²) in [6, 6.07) is 13.2. The lowest BCUT2D eigenvalue weighted by atomic mass is 10.1. The van der Waals surface area contributed by atoms with Crippen molar-refractivity contribution in [3.63, 3.8) is 0 Å². The lowest BCUT2D eigenvalue weighted by molar-refractivity contribution is -0.117. The Kier molecular flexibility index (Phi) is 4.86. The highest BCUT2D eigenvalue weighted by Crippen LogP contribution is 2.30. The minimum Gasteiger partial charge on any atom is -0.326 e. The number of fused-ring (bicyclic) bond motifs is 1. The van der Waals surface area contributed by atoms with Crippen LogP contribution < -0.4 is 10.2 Å². The molecule has 5 heteroatoms. The van der Waals surface area contributed by atoms with E-state index in [4.69, 9.17) is 11.6 Å². The van der Waals surface area contributed by atoms with Crippen LogP contribution in [0.15, 0.2) is 42.5 Å². The smallest absolute Gasteiger partial charge is 0.224 e. The van der Waals surface area contributed by atoms with Gasteiger partial charge in [0.25, 0.3) is 0 Å². The van der Waals surface area contributed by atoms with Crippen LogP contribution in [0.1, 0.15) is 24.5 Å². The number of nitrogens with one attached hydrogen (secondary N) is 1. The summed E-state index contributed by atoms with van der Waals surface area (Å²) in [5, 5.41) is 3.61. The van der Waals surface area contributed by atoms with Gasteiger partial charge in [0.05, 0.1) is 0 Å². The van der Waals surface area contributed by atoms with Gasteiger partial charge in [-0.05, 0) is 54.3 Å². The van der Waals surface area contributed by atoms with Crippen LogP contribution in [0.25, 0.3) is 0 Å².